The van der Waals surface area contributed by atoms with Gasteiger partial charge in [-0.05, 0) is 0 Å². The molecule has 0 amide bonds. The van der Waals surface area contributed by atoms with Gasteiger partial charge in [0.2, 0.25) is 0 Å². The summed E-state index contributed by atoms with van der Waals surface area (Å²) >= 11 is -5.49. The zero-order valence-corrected chi connectivity index (χ0v) is 34.9. The van der Waals surface area contributed by atoms with Crippen molar-refractivity contribution < 1.29 is 32.7 Å². The quantitative estimate of drug-likeness (QED) is 0.101. The van der Waals surface area contributed by atoms with Gasteiger partial charge in [-0.3, -0.25) is 0 Å². The second-order valence-electron chi connectivity index (χ2n) is 14.7. The van der Waals surface area contributed by atoms with Crippen molar-refractivity contribution >= 4 is 47.8 Å². The molecule has 6 aromatic carbocycles. The third kappa shape index (κ3) is 8.42. The molecule has 0 aromatic heterocycles. The van der Waals surface area contributed by atoms with Gasteiger partial charge >= 0.3 is 315 Å². The van der Waals surface area contributed by atoms with Gasteiger partial charge in [0.15, 0.2) is 0 Å². The molecule has 0 aliphatic carbocycles. The van der Waals surface area contributed by atoms with E-state index in [1.807, 2.05) is 0 Å². The molecule has 0 aliphatic rings. The maximum absolute atomic E-state index is 8.17. The van der Waals surface area contributed by atoms with Crippen LogP contribution in [-0.4, -0.2) is 27.8 Å². The molecule has 0 N–H and O–H groups in total. The predicted octanol–water partition coefficient (Wildman–Crippen LogP) is 6.80. The fourth-order valence-electron chi connectivity index (χ4n) is 6.64. The zero-order valence-electron chi connectivity index (χ0n) is 30.5. The van der Waals surface area contributed by atoms with Crippen LogP contribution in [-0.2, 0) is 32.7 Å². The molecule has 0 fully saturated rings. The number of benzene rings is 6. The molecule has 7 heteroatoms. The first-order valence-electron chi connectivity index (χ1n) is 17.6. The van der Waals surface area contributed by atoms with Gasteiger partial charge in [-0.1, -0.05) is 0 Å². The van der Waals surface area contributed by atoms with Crippen LogP contribution in [0.15, 0.2) is 182 Å². The van der Waals surface area contributed by atoms with Crippen molar-refractivity contribution in [2.75, 3.05) is 0 Å². The van der Waals surface area contributed by atoms with Crippen molar-refractivity contribution in [1.82, 2.24) is 0 Å². The van der Waals surface area contributed by atoms with E-state index in [4.69, 9.17) is 10.6 Å². The molecular weight excluding hydrogens is 740 g/mol. The minimum absolute atomic E-state index is 0.671. The summed E-state index contributed by atoms with van der Waals surface area (Å²) in [6, 6.07) is 63.7. The van der Waals surface area contributed by atoms with Crippen molar-refractivity contribution in [3.05, 3.63) is 182 Å². The van der Waals surface area contributed by atoms with Gasteiger partial charge in [0, 0.05) is 0 Å². The van der Waals surface area contributed by atoms with Gasteiger partial charge in [-0.25, -0.2) is 0 Å². The van der Waals surface area contributed by atoms with Crippen LogP contribution >= 0.6 is 0 Å². The molecular formula is C44H48O4Si2Zr. The van der Waals surface area contributed by atoms with Crippen LogP contribution < -0.4 is 31.1 Å². The van der Waals surface area contributed by atoms with Crippen LogP contribution in [0.3, 0.4) is 0 Å². The summed E-state index contributed by atoms with van der Waals surface area (Å²) < 4.78 is 31.3. The van der Waals surface area contributed by atoms with Crippen molar-refractivity contribution in [3.8, 4) is 0 Å². The Hall–Kier alpha value is -3.52. The Balaban J connectivity index is 1.75. The molecule has 0 aliphatic heterocycles. The van der Waals surface area contributed by atoms with Crippen LogP contribution in [0.4, 0.5) is 0 Å². The molecule has 0 radical (unpaired) electrons. The number of hydrogen-bond donors (Lipinski definition) is 0. The molecule has 0 heterocycles. The van der Waals surface area contributed by atoms with E-state index in [9.17, 15) is 0 Å². The van der Waals surface area contributed by atoms with Crippen LogP contribution in [0.5, 0.6) is 0 Å². The van der Waals surface area contributed by atoms with Crippen LogP contribution in [0.2, 0.25) is 0 Å². The summed E-state index contributed by atoms with van der Waals surface area (Å²) in [5.41, 5.74) is -1.34. The zero-order chi connectivity index (χ0) is 36.0. The normalized spacial score (nSPS) is 12.8. The minimum atomic E-state index is -5.49. The average molecular weight is 788 g/mol. The molecule has 0 unspecified atom stereocenters. The van der Waals surface area contributed by atoms with E-state index in [1.165, 1.54) is 0 Å². The van der Waals surface area contributed by atoms with Gasteiger partial charge in [-0.15, -0.1) is 0 Å². The topological polar surface area (TPSA) is 36.9 Å². The Morgan fingerprint density at radius 3 is 0.647 bits per heavy atom. The van der Waals surface area contributed by atoms with Gasteiger partial charge in [0.05, 0.1) is 0 Å². The van der Waals surface area contributed by atoms with E-state index in [2.05, 4.69) is 224 Å². The number of hydrogen-bond acceptors (Lipinski definition) is 4. The first-order chi connectivity index (χ1) is 24.5. The fourth-order valence-corrected chi connectivity index (χ4v) is 31.1. The summed E-state index contributed by atoms with van der Waals surface area (Å²) in [5.74, 6) is 0. The Kier molecular flexibility index (Phi) is 11.4. The van der Waals surface area contributed by atoms with Crippen molar-refractivity contribution in [2.45, 2.75) is 52.7 Å². The Labute approximate surface area is 313 Å². The summed E-state index contributed by atoms with van der Waals surface area (Å²) in [7, 11) is -6.84. The van der Waals surface area contributed by atoms with Gasteiger partial charge < -0.3 is 0 Å². The predicted molar refractivity (Wildman–Crippen MR) is 212 cm³/mol. The first kappa shape index (κ1) is 37.2. The Morgan fingerprint density at radius 2 is 0.490 bits per heavy atom. The molecule has 6 aromatic rings. The Bertz CT molecular complexity index is 1610. The maximum atomic E-state index is 8.17. The van der Waals surface area contributed by atoms with E-state index < -0.39 is 49.9 Å². The molecule has 0 saturated heterocycles. The monoisotopic (exact) mass is 786 g/mol. The molecule has 0 saturated carbocycles. The molecule has 0 bridgehead atoms. The fraction of sp³-hybridized carbons (Fsp3) is 0.182. The Morgan fingerprint density at radius 1 is 0.314 bits per heavy atom. The van der Waals surface area contributed by atoms with E-state index in [1.54, 1.807) is 0 Å². The van der Waals surface area contributed by atoms with Crippen molar-refractivity contribution in [1.29, 1.82) is 0 Å². The number of rotatable bonds is 12. The first-order valence-corrected chi connectivity index (χ1v) is 25.4. The summed E-state index contributed by atoms with van der Waals surface area (Å²) in [5, 5.41) is 6.55. The van der Waals surface area contributed by atoms with E-state index in [0.29, 0.717) is 0 Å². The second-order valence-corrected chi connectivity index (χ2v) is 27.8. The second kappa shape index (κ2) is 15.6. The SMILES string of the molecule is CC(C)(C)[O][Zr]([O]C(C)(C)C)([O][Si](c1ccccc1)(c1ccccc1)c1ccccc1)[O][Si](c1ccccc1)(c1ccccc1)c1ccccc1. The third-order valence-electron chi connectivity index (χ3n) is 8.50. The average Bonchev–Trinajstić information content (AvgIpc) is 3.14. The van der Waals surface area contributed by atoms with E-state index >= 15 is 0 Å². The molecule has 4 nitrogen and oxygen atoms in total. The standard InChI is InChI=1S/2C18H15OSi.2C4H9O.Zr/c2*19-20(16-10-4-1-5-11-16,17-12-6-2-7-13-17)18-14-8-3-9-15-18;2*1-4(2,3)5;/h2*1-15H;2*1-3H3;/q4*-1;+4. The van der Waals surface area contributed by atoms with Crippen LogP contribution in [0.1, 0.15) is 41.5 Å². The van der Waals surface area contributed by atoms with Crippen LogP contribution in [0.25, 0.3) is 0 Å². The van der Waals surface area contributed by atoms with Gasteiger partial charge in [0.25, 0.3) is 0 Å². The van der Waals surface area contributed by atoms with Crippen molar-refractivity contribution in [2.24, 2.45) is 0 Å². The van der Waals surface area contributed by atoms with Crippen molar-refractivity contribution in [3.63, 3.8) is 0 Å². The van der Waals surface area contributed by atoms with Gasteiger partial charge in [-0.2, -0.15) is 0 Å². The molecule has 0 atom stereocenters. The molecule has 6 rings (SSSR count). The molecule has 260 valence electrons. The summed E-state index contributed by atoms with van der Waals surface area (Å²) in [4.78, 5) is 0. The van der Waals surface area contributed by atoms with Crippen LogP contribution in [0, 0.1) is 0 Å². The molecule has 51 heavy (non-hydrogen) atoms. The van der Waals surface area contributed by atoms with E-state index in [-0.39, 0.29) is 0 Å². The summed E-state index contributed by atoms with van der Waals surface area (Å²) in [6.45, 7) is 12.4. The summed E-state index contributed by atoms with van der Waals surface area (Å²) in [6.07, 6.45) is 0. The third-order valence-corrected chi connectivity index (χ3v) is 28.9. The van der Waals surface area contributed by atoms with Gasteiger partial charge in [0.1, 0.15) is 0 Å². The molecule has 0 spiro atoms. The van der Waals surface area contributed by atoms with E-state index in [0.717, 1.165) is 31.1 Å².